The van der Waals surface area contributed by atoms with Crippen LogP contribution in [0.15, 0.2) is 78.5 Å². The molecule has 1 saturated heterocycles. The number of phenolic OH excluding ortho intramolecular Hbond substituents is 1. The normalized spacial score (nSPS) is 17.0. The third-order valence-electron chi connectivity index (χ3n) is 6.77. The van der Waals surface area contributed by atoms with E-state index in [0.29, 0.717) is 29.9 Å². The van der Waals surface area contributed by atoms with E-state index in [1.54, 1.807) is 30.3 Å². The summed E-state index contributed by atoms with van der Waals surface area (Å²) >= 11 is 0. The number of benzene rings is 3. The van der Waals surface area contributed by atoms with Crippen LogP contribution in [0, 0.1) is 6.92 Å². The molecule has 5 rings (SSSR count). The van der Waals surface area contributed by atoms with Crippen molar-refractivity contribution in [2.24, 2.45) is 0 Å². The van der Waals surface area contributed by atoms with Gasteiger partial charge in [0, 0.05) is 29.2 Å². The number of rotatable bonds is 7. The number of H-pyrrole nitrogens is 1. The van der Waals surface area contributed by atoms with Gasteiger partial charge in [0.25, 0.3) is 11.7 Å². The Kier molecular flexibility index (Phi) is 6.44. The number of ether oxygens (including phenoxy) is 1. The molecular weight excluding hydrogens is 468 g/mol. The Balaban J connectivity index is 1.56. The van der Waals surface area contributed by atoms with E-state index in [-0.39, 0.29) is 23.6 Å². The number of aliphatic hydroxyl groups excluding tert-OH is 1. The van der Waals surface area contributed by atoms with E-state index in [0.717, 1.165) is 22.0 Å². The van der Waals surface area contributed by atoms with Gasteiger partial charge in [-0.3, -0.25) is 9.59 Å². The highest BCUT2D eigenvalue weighted by atomic mass is 16.5. The average Bonchev–Trinajstić information content (AvgIpc) is 3.42. The van der Waals surface area contributed by atoms with E-state index < -0.39 is 17.7 Å². The molecule has 4 aromatic rings. The van der Waals surface area contributed by atoms with Crippen LogP contribution in [-0.4, -0.2) is 44.9 Å². The molecule has 0 spiro atoms. The molecule has 1 fully saturated rings. The summed E-state index contributed by atoms with van der Waals surface area (Å²) in [7, 11) is 0. The Labute approximate surface area is 214 Å². The number of ketones is 1. The van der Waals surface area contributed by atoms with Crippen molar-refractivity contribution in [3.05, 3.63) is 101 Å². The number of nitrogens with zero attached hydrogens (tertiary/aromatic N) is 1. The van der Waals surface area contributed by atoms with Gasteiger partial charge in [-0.2, -0.15) is 0 Å². The highest BCUT2D eigenvalue weighted by Crippen LogP contribution is 2.40. The molecule has 1 amide bonds. The van der Waals surface area contributed by atoms with Gasteiger partial charge >= 0.3 is 0 Å². The predicted octanol–water partition coefficient (Wildman–Crippen LogP) is 5.25. The second-order valence-electron chi connectivity index (χ2n) is 9.11. The third-order valence-corrected chi connectivity index (χ3v) is 6.77. The van der Waals surface area contributed by atoms with E-state index in [1.807, 2.05) is 44.3 Å². The van der Waals surface area contributed by atoms with Crippen molar-refractivity contribution < 1.29 is 24.5 Å². The summed E-state index contributed by atoms with van der Waals surface area (Å²) in [5.41, 5.74) is 3.78. The third kappa shape index (κ3) is 4.44. The van der Waals surface area contributed by atoms with Gasteiger partial charge in [0.1, 0.15) is 17.3 Å². The quantitative estimate of drug-likeness (QED) is 0.184. The van der Waals surface area contributed by atoms with Crippen LogP contribution in [0.4, 0.5) is 0 Å². The number of para-hydroxylation sites is 1. The zero-order valence-electron chi connectivity index (χ0n) is 20.7. The van der Waals surface area contributed by atoms with E-state index >= 15 is 0 Å². The lowest BCUT2D eigenvalue weighted by atomic mass is 9.94. The van der Waals surface area contributed by atoms with Gasteiger partial charge in [0.05, 0.1) is 18.2 Å². The number of aromatic amines is 1. The van der Waals surface area contributed by atoms with Crippen LogP contribution in [0.25, 0.3) is 16.7 Å². The Bertz CT molecular complexity index is 1530. The number of carbonyl (C=O) groups excluding carboxylic acids is 2. The maximum atomic E-state index is 13.3. The number of fused-ring (bicyclic) bond motifs is 1. The van der Waals surface area contributed by atoms with Crippen molar-refractivity contribution in [2.45, 2.75) is 26.3 Å². The molecule has 37 heavy (non-hydrogen) atoms. The lowest BCUT2D eigenvalue weighted by Crippen LogP contribution is -2.31. The fourth-order valence-corrected chi connectivity index (χ4v) is 5.00. The minimum Gasteiger partial charge on any atom is -0.508 e. The molecule has 1 unspecified atom stereocenters. The number of phenols is 1. The highest BCUT2D eigenvalue weighted by molar-refractivity contribution is 6.46. The molecule has 0 saturated carbocycles. The van der Waals surface area contributed by atoms with E-state index in [4.69, 9.17) is 4.74 Å². The average molecular weight is 497 g/mol. The number of amides is 1. The van der Waals surface area contributed by atoms with Gasteiger partial charge < -0.3 is 24.8 Å². The number of carbonyl (C=O) groups is 2. The molecule has 1 aromatic heterocycles. The van der Waals surface area contributed by atoms with Crippen LogP contribution in [0.5, 0.6) is 11.5 Å². The first-order valence-corrected chi connectivity index (χ1v) is 12.2. The minimum absolute atomic E-state index is 0.00177. The van der Waals surface area contributed by atoms with E-state index in [2.05, 4.69) is 4.98 Å². The maximum Gasteiger partial charge on any atom is 0.295 e. The van der Waals surface area contributed by atoms with Gasteiger partial charge in [0.15, 0.2) is 0 Å². The van der Waals surface area contributed by atoms with Crippen molar-refractivity contribution in [3.8, 4) is 11.5 Å². The van der Waals surface area contributed by atoms with Crippen molar-refractivity contribution in [3.63, 3.8) is 0 Å². The molecule has 1 atom stereocenters. The molecule has 1 aliphatic heterocycles. The zero-order chi connectivity index (χ0) is 26.1. The van der Waals surface area contributed by atoms with Crippen molar-refractivity contribution >= 4 is 28.4 Å². The number of hydrogen-bond donors (Lipinski definition) is 3. The molecule has 0 bridgehead atoms. The molecular formula is C30H28N2O5. The fraction of sp³-hybridized carbons (Fsp3) is 0.200. The molecule has 3 N–H and O–H groups in total. The number of nitrogens with one attached hydrogen (secondary N) is 1. The summed E-state index contributed by atoms with van der Waals surface area (Å²) in [6, 6.07) is 18.6. The van der Waals surface area contributed by atoms with Gasteiger partial charge in [0.2, 0.25) is 0 Å². The Hall–Kier alpha value is -4.52. The van der Waals surface area contributed by atoms with Crippen LogP contribution < -0.4 is 4.74 Å². The minimum atomic E-state index is -0.843. The molecule has 188 valence electrons. The number of hydrogen-bond acceptors (Lipinski definition) is 5. The van der Waals surface area contributed by atoms with Crippen LogP contribution >= 0.6 is 0 Å². The van der Waals surface area contributed by atoms with Crippen LogP contribution in [0.1, 0.15) is 35.2 Å². The second kappa shape index (κ2) is 9.85. The lowest BCUT2D eigenvalue weighted by Gasteiger charge is -2.25. The molecule has 7 heteroatoms. The number of Topliss-reactive ketones (excluding diaryl/α,β-unsaturated/α-hetero) is 1. The molecule has 3 aromatic carbocycles. The fourth-order valence-electron chi connectivity index (χ4n) is 5.00. The molecule has 7 nitrogen and oxygen atoms in total. The number of likely N-dealkylation sites (tertiary alicyclic amines) is 1. The summed E-state index contributed by atoms with van der Waals surface area (Å²) in [6.07, 6.45) is 2.42. The number of aromatic nitrogens is 1. The van der Waals surface area contributed by atoms with Crippen LogP contribution in [0.3, 0.4) is 0 Å². The van der Waals surface area contributed by atoms with Gasteiger partial charge in [-0.05, 0) is 73.4 Å². The summed E-state index contributed by atoms with van der Waals surface area (Å²) < 4.78 is 5.60. The van der Waals surface area contributed by atoms with Crippen molar-refractivity contribution in [1.29, 1.82) is 0 Å². The summed E-state index contributed by atoms with van der Waals surface area (Å²) in [5.74, 6) is -1.000. The molecule has 2 heterocycles. The van der Waals surface area contributed by atoms with Gasteiger partial charge in [-0.15, -0.1) is 0 Å². The van der Waals surface area contributed by atoms with Gasteiger partial charge in [-0.25, -0.2) is 0 Å². The molecule has 0 radical (unpaired) electrons. The van der Waals surface area contributed by atoms with Crippen LogP contribution in [-0.2, 0) is 16.0 Å². The molecule has 1 aliphatic rings. The first-order chi connectivity index (χ1) is 17.9. The number of aryl methyl sites for hydroxylation is 1. The monoisotopic (exact) mass is 496 g/mol. The van der Waals surface area contributed by atoms with Crippen LogP contribution in [0.2, 0.25) is 0 Å². The van der Waals surface area contributed by atoms with Gasteiger partial charge in [-0.1, -0.05) is 30.3 Å². The SMILES string of the molecule is CCOc1ccc(/C(O)=C2\C(=O)C(=O)N(CCc3c[nH]c4ccccc34)C2c2cccc(O)c2)cc1C. The molecule has 0 aliphatic carbocycles. The Morgan fingerprint density at radius 1 is 1.05 bits per heavy atom. The standard InChI is InChI=1S/C30H28N2O5/c1-3-37-25-12-11-20(15-18(25)2)28(34)26-27(19-7-6-8-22(33)16-19)32(30(36)29(26)35)14-13-21-17-31-24-10-5-4-9-23(21)24/h4-12,15-17,27,31,33-34H,3,13-14H2,1-2H3/b28-26+. The summed E-state index contributed by atoms with van der Waals surface area (Å²) in [6.45, 7) is 4.51. The number of aliphatic hydroxyl groups is 1. The largest absolute Gasteiger partial charge is 0.508 e. The highest BCUT2D eigenvalue weighted by Gasteiger charge is 2.46. The van der Waals surface area contributed by atoms with E-state index in [1.165, 1.54) is 17.0 Å². The smallest absolute Gasteiger partial charge is 0.295 e. The lowest BCUT2D eigenvalue weighted by molar-refractivity contribution is -0.139. The first kappa shape index (κ1) is 24.2. The van der Waals surface area contributed by atoms with Crippen molar-refractivity contribution in [2.75, 3.05) is 13.2 Å². The summed E-state index contributed by atoms with van der Waals surface area (Å²) in [4.78, 5) is 31.3. The van der Waals surface area contributed by atoms with E-state index in [9.17, 15) is 19.8 Å². The zero-order valence-corrected chi connectivity index (χ0v) is 20.7. The summed E-state index contributed by atoms with van der Waals surface area (Å²) in [5, 5.41) is 22.6. The Morgan fingerprint density at radius 3 is 2.62 bits per heavy atom. The first-order valence-electron chi connectivity index (χ1n) is 12.2. The maximum absolute atomic E-state index is 13.3. The Morgan fingerprint density at radius 2 is 1.86 bits per heavy atom. The number of aromatic hydroxyl groups is 1. The predicted molar refractivity (Wildman–Crippen MR) is 141 cm³/mol. The van der Waals surface area contributed by atoms with Crippen molar-refractivity contribution in [1.82, 2.24) is 9.88 Å². The topological polar surface area (TPSA) is 103 Å². The second-order valence-corrected chi connectivity index (χ2v) is 9.11.